The Balaban J connectivity index is 2.36. The van der Waals surface area contributed by atoms with Crippen molar-refractivity contribution in [2.24, 2.45) is 0 Å². The molecule has 0 bridgehead atoms. The van der Waals surface area contributed by atoms with Gasteiger partial charge in [0.2, 0.25) is 0 Å². The smallest absolute Gasteiger partial charge is 0.150 e. The van der Waals surface area contributed by atoms with Crippen LogP contribution in [0.4, 0.5) is 4.39 Å². The Kier molecular flexibility index (Phi) is 3.84. The molecule has 4 nitrogen and oxygen atoms in total. The molecule has 1 aromatic carbocycles. The lowest BCUT2D eigenvalue weighted by Gasteiger charge is -2.08. The van der Waals surface area contributed by atoms with Crippen molar-refractivity contribution < 1.29 is 13.9 Å². The van der Waals surface area contributed by atoms with E-state index in [1.807, 2.05) is 0 Å². The van der Waals surface area contributed by atoms with E-state index in [1.165, 1.54) is 6.07 Å². The predicted octanol–water partition coefficient (Wildman–Crippen LogP) is 2.15. The average Bonchev–Trinajstić information content (AvgIpc) is 2.84. The minimum atomic E-state index is -0.432. The zero-order chi connectivity index (χ0) is 13.0. The lowest BCUT2D eigenvalue weighted by Crippen LogP contribution is -2.07. The fraction of sp³-hybridized carbons (Fsp3) is 0.231. The van der Waals surface area contributed by atoms with Crippen molar-refractivity contribution >= 4 is 6.29 Å². The maximum Gasteiger partial charge on any atom is 0.150 e. The summed E-state index contributed by atoms with van der Waals surface area (Å²) in [5.41, 5.74) is 1.41. The van der Waals surface area contributed by atoms with E-state index in [0.29, 0.717) is 36.3 Å². The summed E-state index contributed by atoms with van der Waals surface area (Å²) < 4.78 is 20.5. The monoisotopic (exact) mass is 248 g/mol. The fourth-order valence-corrected chi connectivity index (χ4v) is 1.73. The number of benzene rings is 1. The van der Waals surface area contributed by atoms with Crippen molar-refractivity contribution in [1.29, 1.82) is 0 Å². The first-order valence-corrected chi connectivity index (χ1v) is 5.52. The van der Waals surface area contributed by atoms with Crippen molar-refractivity contribution in [2.45, 2.75) is 6.54 Å². The molecule has 1 heterocycles. The van der Waals surface area contributed by atoms with E-state index in [-0.39, 0.29) is 0 Å². The summed E-state index contributed by atoms with van der Waals surface area (Å²) >= 11 is 0. The molecule has 94 valence electrons. The van der Waals surface area contributed by atoms with Crippen molar-refractivity contribution in [2.75, 3.05) is 13.7 Å². The molecular weight excluding hydrogens is 235 g/mol. The van der Waals surface area contributed by atoms with Crippen LogP contribution in [-0.2, 0) is 11.3 Å². The van der Waals surface area contributed by atoms with E-state index in [4.69, 9.17) is 4.74 Å². The third-order valence-electron chi connectivity index (χ3n) is 2.63. The normalized spacial score (nSPS) is 10.6. The van der Waals surface area contributed by atoms with Crippen LogP contribution in [0.1, 0.15) is 10.4 Å². The maximum absolute atomic E-state index is 13.9. The highest BCUT2D eigenvalue weighted by molar-refractivity contribution is 5.76. The maximum atomic E-state index is 13.9. The lowest BCUT2D eigenvalue weighted by atomic mass is 10.1. The molecule has 0 saturated heterocycles. The summed E-state index contributed by atoms with van der Waals surface area (Å²) in [5.74, 6) is -0.432. The summed E-state index contributed by atoms with van der Waals surface area (Å²) in [6.07, 6.45) is 2.23. The molecule has 0 atom stereocenters. The largest absolute Gasteiger partial charge is 0.383 e. The molecular formula is C13H13FN2O2. The first-order chi connectivity index (χ1) is 8.76. The van der Waals surface area contributed by atoms with Crippen molar-refractivity contribution in [3.63, 3.8) is 0 Å². The number of rotatable bonds is 5. The average molecular weight is 248 g/mol. The van der Waals surface area contributed by atoms with Crippen molar-refractivity contribution in [3.8, 4) is 11.3 Å². The molecule has 0 unspecified atom stereocenters. The van der Waals surface area contributed by atoms with E-state index in [9.17, 15) is 9.18 Å². The number of carbonyl (C=O) groups excluding carboxylic acids is 1. The zero-order valence-corrected chi connectivity index (χ0v) is 9.97. The molecule has 18 heavy (non-hydrogen) atoms. The quantitative estimate of drug-likeness (QED) is 0.761. The Morgan fingerprint density at radius 1 is 1.44 bits per heavy atom. The Bertz CT molecular complexity index is 552. The van der Waals surface area contributed by atoms with Gasteiger partial charge < -0.3 is 4.74 Å². The van der Waals surface area contributed by atoms with Gasteiger partial charge in [0.15, 0.2) is 0 Å². The van der Waals surface area contributed by atoms with Gasteiger partial charge in [0.05, 0.1) is 18.8 Å². The summed E-state index contributed by atoms with van der Waals surface area (Å²) in [6.45, 7) is 1.05. The fourth-order valence-electron chi connectivity index (χ4n) is 1.73. The molecule has 0 amide bonds. The molecule has 2 rings (SSSR count). The van der Waals surface area contributed by atoms with Crippen LogP contribution in [0.15, 0.2) is 30.5 Å². The number of ether oxygens (including phenoxy) is 1. The van der Waals surface area contributed by atoms with E-state index < -0.39 is 5.82 Å². The summed E-state index contributed by atoms with van der Waals surface area (Å²) in [5, 5.41) is 4.11. The van der Waals surface area contributed by atoms with E-state index in [2.05, 4.69) is 5.10 Å². The molecule has 0 aliphatic carbocycles. The van der Waals surface area contributed by atoms with Crippen molar-refractivity contribution in [3.05, 3.63) is 41.8 Å². The van der Waals surface area contributed by atoms with Crippen LogP contribution in [0.25, 0.3) is 11.3 Å². The van der Waals surface area contributed by atoms with Gasteiger partial charge in [-0.1, -0.05) is 6.07 Å². The van der Waals surface area contributed by atoms with Gasteiger partial charge in [0.1, 0.15) is 12.1 Å². The van der Waals surface area contributed by atoms with Gasteiger partial charge in [-0.3, -0.25) is 9.48 Å². The Labute approximate surface area is 104 Å². The number of methoxy groups -OCH3 is 1. The topological polar surface area (TPSA) is 44.1 Å². The van der Waals surface area contributed by atoms with Gasteiger partial charge in [0.25, 0.3) is 0 Å². The van der Waals surface area contributed by atoms with Crippen molar-refractivity contribution in [1.82, 2.24) is 9.78 Å². The van der Waals surface area contributed by atoms with Crippen LogP contribution in [0, 0.1) is 5.82 Å². The number of hydrogen-bond donors (Lipinski definition) is 0. The third kappa shape index (κ3) is 2.46. The molecule has 2 aromatic rings. The second-order valence-electron chi connectivity index (χ2n) is 3.79. The van der Waals surface area contributed by atoms with Crippen LogP contribution in [-0.4, -0.2) is 29.8 Å². The number of aromatic nitrogens is 2. The number of aldehydes is 1. The van der Waals surface area contributed by atoms with E-state index in [1.54, 1.807) is 36.2 Å². The summed E-state index contributed by atoms with van der Waals surface area (Å²) in [7, 11) is 1.60. The van der Waals surface area contributed by atoms with Crippen LogP contribution < -0.4 is 0 Å². The molecule has 5 heteroatoms. The highest BCUT2D eigenvalue weighted by atomic mass is 19.1. The van der Waals surface area contributed by atoms with Gasteiger partial charge in [-0.2, -0.15) is 5.10 Å². The number of carbonyl (C=O) groups is 1. The minimum absolute atomic E-state index is 0.319. The van der Waals surface area contributed by atoms with Gasteiger partial charge in [-0.15, -0.1) is 0 Å². The van der Waals surface area contributed by atoms with Crippen LogP contribution in [0.5, 0.6) is 0 Å². The molecule has 0 saturated carbocycles. The third-order valence-corrected chi connectivity index (χ3v) is 2.63. The zero-order valence-electron chi connectivity index (χ0n) is 9.97. The molecule has 0 spiro atoms. The lowest BCUT2D eigenvalue weighted by molar-refractivity contribution is 0.112. The molecule has 0 radical (unpaired) electrons. The predicted molar refractivity (Wildman–Crippen MR) is 64.9 cm³/mol. The molecule has 0 aliphatic heterocycles. The second-order valence-corrected chi connectivity index (χ2v) is 3.79. The first-order valence-electron chi connectivity index (χ1n) is 5.52. The van der Waals surface area contributed by atoms with Gasteiger partial charge in [0, 0.05) is 24.4 Å². The SMILES string of the molecule is COCCn1nccc1-c1ccc(C=O)cc1F. The minimum Gasteiger partial charge on any atom is -0.383 e. The van der Waals surface area contributed by atoms with Gasteiger partial charge in [-0.05, 0) is 18.2 Å². The van der Waals surface area contributed by atoms with E-state index >= 15 is 0 Å². The Morgan fingerprint density at radius 3 is 2.94 bits per heavy atom. The summed E-state index contributed by atoms with van der Waals surface area (Å²) in [4.78, 5) is 10.6. The number of halogens is 1. The molecule has 1 aromatic heterocycles. The standard InChI is InChI=1S/C13H13FN2O2/c1-18-7-6-16-13(4-5-15-16)11-3-2-10(9-17)8-12(11)14/h2-5,8-9H,6-7H2,1H3. The summed E-state index contributed by atoms with van der Waals surface area (Å²) in [6, 6.07) is 6.11. The molecule has 0 N–H and O–H groups in total. The van der Waals surface area contributed by atoms with E-state index in [0.717, 1.165) is 0 Å². The first kappa shape index (κ1) is 12.4. The second kappa shape index (κ2) is 5.55. The van der Waals surface area contributed by atoms with Gasteiger partial charge in [-0.25, -0.2) is 4.39 Å². The number of hydrogen-bond acceptors (Lipinski definition) is 3. The van der Waals surface area contributed by atoms with Crippen LogP contribution in [0.3, 0.4) is 0 Å². The Hall–Kier alpha value is -2.01. The molecule has 0 aliphatic rings. The molecule has 0 fully saturated rings. The Morgan fingerprint density at radius 2 is 2.28 bits per heavy atom. The highest BCUT2D eigenvalue weighted by Crippen LogP contribution is 2.23. The highest BCUT2D eigenvalue weighted by Gasteiger charge is 2.10. The van der Waals surface area contributed by atoms with Crippen LogP contribution >= 0.6 is 0 Å². The van der Waals surface area contributed by atoms with Gasteiger partial charge >= 0.3 is 0 Å². The van der Waals surface area contributed by atoms with Crippen LogP contribution in [0.2, 0.25) is 0 Å². The number of nitrogens with zero attached hydrogens (tertiary/aromatic N) is 2.